The first-order valence-electron chi connectivity index (χ1n) is 17.4. The fourth-order valence-electron chi connectivity index (χ4n) is 8.20. The molecule has 0 radical (unpaired) electrons. The van der Waals surface area contributed by atoms with E-state index in [2.05, 4.69) is 165 Å². The number of aromatic nitrogens is 6. The van der Waals surface area contributed by atoms with Crippen LogP contribution in [0, 0.1) is 0 Å². The molecule has 0 fully saturated rings. The van der Waals surface area contributed by atoms with Gasteiger partial charge in [0.05, 0.1) is 39.0 Å². The molecule has 0 saturated heterocycles. The van der Waals surface area contributed by atoms with Gasteiger partial charge in [0, 0.05) is 44.8 Å². The smallest absolute Gasteiger partial charge is 0.237 e. The van der Waals surface area contributed by atoms with Crippen molar-refractivity contribution >= 4 is 60.6 Å². The average molecular weight is 655 g/mol. The van der Waals surface area contributed by atoms with Crippen LogP contribution in [0.2, 0.25) is 0 Å². The Kier molecular flexibility index (Phi) is 5.98. The van der Waals surface area contributed by atoms with Crippen LogP contribution in [0.1, 0.15) is 17.7 Å². The summed E-state index contributed by atoms with van der Waals surface area (Å²) in [5.41, 5.74) is 9.84. The molecule has 0 saturated carbocycles. The van der Waals surface area contributed by atoms with Crippen LogP contribution in [-0.4, -0.2) is 28.7 Å². The molecule has 0 bridgehead atoms. The third-order valence-electron chi connectivity index (χ3n) is 10.4. The van der Waals surface area contributed by atoms with Gasteiger partial charge >= 0.3 is 0 Å². The second-order valence-corrected chi connectivity index (χ2v) is 13.2. The Morgan fingerprint density at radius 2 is 1.00 bits per heavy atom. The van der Waals surface area contributed by atoms with Crippen LogP contribution < -0.4 is 0 Å². The number of hydrogen-bond acceptors (Lipinski definition) is 3. The number of hydrogen-bond donors (Lipinski definition) is 0. The molecule has 6 heteroatoms. The topological polar surface area (TPSA) is 53.5 Å². The van der Waals surface area contributed by atoms with E-state index in [0.717, 1.165) is 57.8 Å². The predicted octanol–water partition coefficient (Wildman–Crippen LogP) is 10.6. The van der Waals surface area contributed by atoms with E-state index in [4.69, 9.17) is 15.0 Å². The van der Waals surface area contributed by atoms with E-state index in [1.165, 1.54) is 43.7 Å². The van der Waals surface area contributed by atoms with Crippen molar-refractivity contribution in [3.05, 3.63) is 163 Å². The van der Waals surface area contributed by atoms with Crippen molar-refractivity contribution in [2.24, 2.45) is 0 Å². The molecule has 6 nitrogen and oxygen atoms in total. The van der Waals surface area contributed by atoms with Gasteiger partial charge in [-0.2, -0.15) is 4.98 Å². The Bertz CT molecular complexity index is 2790. The van der Waals surface area contributed by atoms with Gasteiger partial charge in [-0.15, -0.1) is 0 Å². The summed E-state index contributed by atoms with van der Waals surface area (Å²) < 4.78 is 6.74. The maximum absolute atomic E-state index is 5.37. The van der Waals surface area contributed by atoms with E-state index in [1.807, 2.05) is 6.20 Å². The summed E-state index contributed by atoms with van der Waals surface area (Å²) in [6.45, 7) is 0. The van der Waals surface area contributed by atoms with E-state index in [-0.39, 0.29) is 0 Å². The standard InChI is InChI=1S/C45H30N6/c1-7-19-37-30(13-1)31-14-2-8-20-38(31)49(37)43-26-25-29(28-46-43)36-27-44(50-39-21-9-3-15-32(39)33-16-4-10-22-40(33)50)48-45(47-36)51-41-23-11-5-17-34(41)35-18-6-12-24-42(35)51/h1,3-13,15-28H,2,14H2. The highest BCUT2D eigenvalue weighted by atomic mass is 15.2. The van der Waals surface area contributed by atoms with Gasteiger partial charge in [-0.3, -0.25) is 13.7 Å². The van der Waals surface area contributed by atoms with E-state index >= 15 is 0 Å². The lowest BCUT2D eigenvalue weighted by Gasteiger charge is -2.14. The van der Waals surface area contributed by atoms with Gasteiger partial charge < -0.3 is 0 Å². The van der Waals surface area contributed by atoms with Gasteiger partial charge in [0.25, 0.3) is 0 Å². The van der Waals surface area contributed by atoms with E-state index in [0.29, 0.717) is 5.95 Å². The second kappa shape index (κ2) is 10.9. The Morgan fingerprint density at radius 3 is 1.57 bits per heavy atom. The molecular weight excluding hydrogens is 625 g/mol. The Morgan fingerprint density at radius 1 is 0.471 bits per heavy atom. The summed E-state index contributed by atoms with van der Waals surface area (Å²) in [4.78, 5) is 15.8. The van der Waals surface area contributed by atoms with Gasteiger partial charge in [0.1, 0.15) is 11.6 Å². The van der Waals surface area contributed by atoms with Crippen LogP contribution >= 0.6 is 0 Å². The Balaban J connectivity index is 1.16. The summed E-state index contributed by atoms with van der Waals surface area (Å²) in [6.07, 6.45) is 8.56. The number of rotatable bonds is 4. The third-order valence-corrected chi connectivity index (χ3v) is 10.4. The van der Waals surface area contributed by atoms with Gasteiger partial charge in [0.15, 0.2) is 0 Å². The first-order chi connectivity index (χ1) is 25.3. The van der Waals surface area contributed by atoms with Gasteiger partial charge in [-0.1, -0.05) is 97.1 Å². The molecule has 0 spiro atoms. The zero-order valence-electron chi connectivity index (χ0n) is 27.6. The van der Waals surface area contributed by atoms with Crippen molar-refractivity contribution in [1.82, 2.24) is 28.7 Å². The molecule has 0 atom stereocenters. The minimum Gasteiger partial charge on any atom is -0.294 e. The lowest BCUT2D eigenvalue weighted by molar-refractivity contribution is 0.946. The highest BCUT2D eigenvalue weighted by molar-refractivity contribution is 6.10. The molecule has 5 aromatic carbocycles. The molecule has 0 N–H and O–H groups in total. The number of fused-ring (bicyclic) bond motifs is 9. The average Bonchev–Trinajstić information content (AvgIpc) is 3.84. The maximum Gasteiger partial charge on any atom is 0.237 e. The fraction of sp³-hybridized carbons (Fsp3) is 0.0444. The molecule has 11 rings (SSSR count). The number of nitrogens with zero attached hydrogens (tertiary/aromatic N) is 6. The summed E-state index contributed by atoms with van der Waals surface area (Å²) >= 11 is 0. The first-order valence-corrected chi connectivity index (χ1v) is 17.4. The third kappa shape index (κ3) is 4.14. The summed E-state index contributed by atoms with van der Waals surface area (Å²) in [5.74, 6) is 2.30. The van der Waals surface area contributed by atoms with Crippen molar-refractivity contribution in [3.63, 3.8) is 0 Å². The van der Waals surface area contributed by atoms with E-state index < -0.39 is 0 Å². The van der Waals surface area contributed by atoms with E-state index in [9.17, 15) is 0 Å². The van der Waals surface area contributed by atoms with Crippen LogP contribution in [0.15, 0.2) is 152 Å². The van der Waals surface area contributed by atoms with Crippen molar-refractivity contribution in [2.75, 3.05) is 0 Å². The first kappa shape index (κ1) is 28.1. The number of para-hydroxylation sites is 5. The quantitative estimate of drug-likeness (QED) is 0.190. The van der Waals surface area contributed by atoms with Crippen LogP contribution in [0.25, 0.3) is 89.4 Å². The summed E-state index contributed by atoms with van der Waals surface area (Å²) in [5, 5.41) is 6.01. The van der Waals surface area contributed by atoms with Crippen LogP contribution in [-0.2, 0) is 6.42 Å². The molecule has 51 heavy (non-hydrogen) atoms. The van der Waals surface area contributed by atoms with Crippen molar-refractivity contribution in [1.29, 1.82) is 0 Å². The monoisotopic (exact) mass is 654 g/mol. The molecule has 1 aliphatic carbocycles. The number of benzene rings is 5. The van der Waals surface area contributed by atoms with E-state index in [1.54, 1.807) is 0 Å². The van der Waals surface area contributed by atoms with Crippen molar-refractivity contribution in [3.8, 4) is 28.8 Å². The fourth-order valence-corrected chi connectivity index (χ4v) is 8.20. The number of pyridine rings is 1. The highest BCUT2D eigenvalue weighted by Crippen LogP contribution is 2.36. The SMILES string of the molecule is C1=Cc2c(c3ccccc3n2-c2ccc(-c3cc(-n4c5ccccc5c5ccccc54)nc(-n4c5ccccc5c5ccccc54)n3)cn2)CC1. The lowest BCUT2D eigenvalue weighted by Crippen LogP contribution is -2.07. The molecule has 5 heterocycles. The minimum absolute atomic E-state index is 0.612. The zero-order chi connectivity index (χ0) is 33.5. The normalized spacial score (nSPS) is 12.9. The predicted molar refractivity (Wildman–Crippen MR) is 208 cm³/mol. The highest BCUT2D eigenvalue weighted by Gasteiger charge is 2.21. The molecule has 5 aromatic heterocycles. The summed E-state index contributed by atoms with van der Waals surface area (Å²) in [7, 11) is 0. The Labute approximate surface area is 293 Å². The molecule has 10 aromatic rings. The van der Waals surface area contributed by atoms with Crippen molar-refractivity contribution in [2.45, 2.75) is 12.8 Å². The molecular formula is C45H30N6. The lowest BCUT2D eigenvalue weighted by atomic mass is 10.0. The number of allylic oxidation sites excluding steroid dienone is 1. The summed E-state index contributed by atoms with van der Waals surface area (Å²) in [6, 6.07) is 49.1. The minimum atomic E-state index is 0.612. The molecule has 240 valence electrons. The molecule has 0 unspecified atom stereocenters. The maximum atomic E-state index is 5.37. The second-order valence-electron chi connectivity index (χ2n) is 13.2. The molecule has 1 aliphatic rings. The largest absolute Gasteiger partial charge is 0.294 e. The van der Waals surface area contributed by atoms with Crippen LogP contribution in [0.3, 0.4) is 0 Å². The van der Waals surface area contributed by atoms with Gasteiger partial charge in [0.2, 0.25) is 5.95 Å². The Hall–Kier alpha value is -6.79. The molecule has 0 aliphatic heterocycles. The number of aryl methyl sites for hydroxylation is 1. The molecule has 0 amide bonds. The van der Waals surface area contributed by atoms with Crippen LogP contribution in [0.5, 0.6) is 0 Å². The van der Waals surface area contributed by atoms with Crippen molar-refractivity contribution < 1.29 is 0 Å². The van der Waals surface area contributed by atoms with Gasteiger partial charge in [-0.25, -0.2) is 9.97 Å². The van der Waals surface area contributed by atoms with Gasteiger partial charge in [-0.05, 0) is 66.9 Å². The zero-order valence-corrected chi connectivity index (χ0v) is 27.6. The van der Waals surface area contributed by atoms with Crippen LogP contribution in [0.4, 0.5) is 0 Å².